The quantitative estimate of drug-likeness (QED) is 0.0954. The standard InChI is InChI=1S/C33H45ClN2O4/c1-11-12-13-22(3)29(30(35)36-25(6)24(5)28-15-14-27(34)18-23(28)4)33(10,20-37)26(7)40-19-21(2)16-17-32(8,9)31(38)39/h13-15,18-20H,5,7,11-12,16-17,35H2,1-4,6,8-10H3,(H,38,39)/b21-19+,22-13+,30-29+,36-25?. The number of carboxylic acid groups (broad SMARTS) is 1. The van der Waals surface area contributed by atoms with Crippen molar-refractivity contribution in [3.8, 4) is 0 Å². The van der Waals surface area contributed by atoms with Crippen LogP contribution in [0.1, 0.15) is 85.3 Å². The summed E-state index contributed by atoms with van der Waals surface area (Å²) in [7, 11) is 0. The van der Waals surface area contributed by atoms with Gasteiger partial charge in [0, 0.05) is 16.3 Å². The molecule has 1 aromatic rings. The molecule has 6 nitrogen and oxygen atoms in total. The number of hydrogen-bond donors (Lipinski definition) is 2. The molecule has 0 saturated heterocycles. The third-order valence-electron chi connectivity index (χ3n) is 7.09. The van der Waals surface area contributed by atoms with Crippen LogP contribution in [0.15, 0.2) is 77.0 Å². The van der Waals surface area contributed by atoms with Gasteiger partial charge in [-0.05, 0) is 108 Å². The van der Waals surface area contributed by atoms with Crippen LogP contribution in [0.3, 0.4) is 0 Å². The number of carbonyl (C=O) groups is 2. The Balaban J connectivity index is 3.50. The Bertz CT molecular complexity index is 1270. The fourth-order valence-electron chi connectivity index (χ4n) is 4.04. The van der Waals surface area contributed by atoms with Crippen LogP contribution >= 0.6 is 11.6 Å². The van der Waals surface area contributed by atoms with Crippen LogP contribution in [0.2, 0.25) is 5.02 Å². The molecule has 1 aromatic carbocycles. The van der Waals surface area contributed by atoms with Crippen molar-refractivity contribution >= 4 is 35.1 Å². The predicted octanol–water partition coefficient (Wildman–Crippen LogP) is 8.57. The van der Waals surface area contributed by atoms with Crippen molar-refractivity contribution in [3.63, 3.8) is 0 Å². The zero-order valence-electron chi connectivity index (χ0n) is 25.3. The predicted molar refractivity (Wildman–Crippen MR) is 167 cm³/mol. The van der Waals surface area contributed by atoms with Crippen LogP contribution in [0.25, 0.3) is 5.57 Å². The molecule has 1 rings (SSSR count). The van der Waals surface area contributed by atoms with Gasteiger partial charge < -0.3 is 20.4 Å². The summed E-state index contributed by atoms with van der Waals surface area (Å²) in [5.41, 5.74) is 9.71. The number of aliphatic carboxylic acids is 1. The molecule has 0 radical (unpaired) electrons. The summed E-state index contributed by atoms with van der Waals surface area (Å²) < 4.78 is 5.89. The Morgan fingerprint density at radius 3 is 2.35 bits per heavy atom. The van der Waals surface area contributed by atoms with E-state index in [-0.39, 0.29) is 11.6 Å². The number of ether oxygens (including phenoxy) is 1. The first kappa shape index (κ1) is 34.6. The Morgan fingerprint density at radius 2 is 1.82 bits per heavy atom. The number of allylic oxidation sites excluding steroid dienone is 5. The number of rotatable bonds is 15. The van der Waals surface area contributed by atoms with E-state index in [4.69, 9.17) is 22.1 Å². The zero-order valence-corrected chi connectivity index (χ0v) is 26.0. The molecule has 0 saturated carbocycles. The van der Waals surface area contributed by atoms with Crippen molar-refractivity contribution in [1.82, 2.24) is 0 Å². The lowest BCUT2D eigenvalue weighted by Crippen LogP contribution is -2.28. The third-order valence-corrected chi connectivity index (χ3v) is 7.32. The summed E-state index contributed by atoms with van der Waals surface area (Å²) in [5, 5.41) is 10.0. The van der Waals surface area contributed by atoms with E-state index in [1.807, 2.05) is 45.9 Å². The second-order valence-corrected chi connectivity index (χ2v) is 11.5. The van der Waals surface area contributed by atoms with Crippen LogP contribution < -0.4 is 5.73 Å². The summed E-state index contributed by atoms with van der Waals surface area (Å²) >= 11 is 6.12. The molecule has 0 spiro atoms. The number of halogens is 1. The van der Waals surface area contributed by atoms with Gasteiger partial charge >= 0.3 is 5.97 Å². The van der Waals surface area contributed by atoms with Gasteiger partial charge in [0.15, 0.2) is 0 Å². The average molecular weight is 569 g/mol. The Hall–Kier alpha value is -3.38. The van der Waals surface area contributed by atoms with Gasteiger partial charge in [0.05, 0.1) is 11.7 Å². The van der Waals surface area contributed by atoms with E-state index in [9.17, 15) is 14.7 Å². The van der Waals surface area contributed by atoms with Gasteiger partial charge in [0.1, 0.15) is 23.3 Å². The Kier molecular flexibility index (Phi) is 12.9. The largest absolute Gasteiger partial charge is 0.481 e. The Labute approximate surface area is 245 Å². The maximum absolute atomic E-state index is 12.7. The van der Waals surface area contributed by atoms with Crippen molar-refractivity contribution in [1.29, 1.82) is 0 Å². The number of benzene rings is 1. The molecule has 0 aliphatic rings. The number of unbranched alkanes of at least 4 members (excludes halogenated alkanes) is 1. The second-order valence-electron chi connectivity index (χ2n) is 11.1. The number of nitrogens with two attached hydrogens (primary N) is 1. The number of carboxylic acids is 1. The van der Waals surface area contributed by atoms with Crippen molar-refractivity contribution in [2.75, 3.05) is 0 Å². The van der Waals surface area contributed by atoms with E-state index >= 15 is 0 Å². The van der Waals surface area contributed by atoms with E-state index in [0.717, 1.165) is 41.4 Å². The van der Waals surface area contributed by atoms with Gasteiger partial charge in [-0.1, -0.05) is 50.2 Å². The van der Waals surface area contributed by atoms with E-state index in [2.05, 4.69) is 25.1 Å². The van der Waals surface area contributed by atoms with E-state index < -0.39 is 16.8 Å². The number of carbonyl (C=O) groups excluding carboxylic acids is 1. The summed E-state index contributed by atoms with van der Waals surface area (Å²) in [4.78, 5) is 28.8. The Morgan fingerprint density at radius 1 is 1.20 bits per heavy atom. The molecule has 0 aliphatic heterocycles. The minimum atomic E-state index is -1.31. The molecule has 0 aliphatic carbocycles. The number of aliphatic imine (C=N–C) groups is 1. The van der Waals surface area contributed by atoms with E-state index in [1.54, 1.807) is 26.8 Å². The highest BCUT2D eigenvalue weighted by atomic mass is 35.5. The van der Waals surface area contributed by atoms with Gasteiger partial charge in [-0.2, -0.15) is 0 Å². The summed E-state index contributed by atoms with van der Waals surface area (Å²) in [6, 6.07) is 5.55. The maximum atomic E-state index is 12.7. The first-order valence-corrected chi connectivity index (χ1v) is 13.8. The van der Waals surface area contributed by atoms with Crippen molar-refractivity contribution < 1.29 is 19.4 Å². The minimum Gasteiger partial charge on any atom is -0.481 e. The number of hydrogen-bond acceptors (Lipinski definition) is 5. The number of nitrogens with zero attached hydrogens (tertiary/aromatic N) is 1. The number of aryl methyl sites for hydroxylation is 1. The SMILES string of the molecule is C=C(C(C)=N/C(N)=C(\C(C)=C\CCC)C(C)(C=O)C(=C)O/C=C(\C)CCC(C)(C)C(=O)O)c1ccc(Cl)cc1C. The highest BCUT2D eigenvalue weighted by Gasteiger charge is 2.37. The summed E-state index contributed by atoms with van der Waals surface area (Å²) in [6.07, 6.45) is 6.97. The highest BCUT2D eigenvalue weighted by Crippen LogP contribution is 2.39. The molecule has 0 amide bonds. The fraction of sp³-hybridized carbons (Fsp3) is 0.424. The van der Waals surface area contributed by atoms with Crippen LogP contribution in [-0.4, -0.2) is 23.1 Å². The maximum Gasteiger partial charge on any atom is 0.309 e. The molecule has 218 valence electrons. The zero-order chi connectivity index (χ0) is 30.8. The molecule has 7 heteroatoms. The second kappa shape index (κ2) is 14.8. The molecule has 1 atom stereocenters. The fourth-order valence-corrected chi connectivity index (χ4v) is 4.27. The van der Waals surface area contributed by atoms with Crippen LogP contribution in [0.4, 0.5) is 0 Å². The molecule has 3 N–H and O–H groups in total. The first-order valence-electron chi connectivity index (χ1n) is 13.4. The van der Waals surface area contributed by atoms with Gasteiger partial charge in [-0.3, -0.25) is 4.79 Å². The van der Waals surface area contributed by atoms with Crippen LogP contribution in [0, 0.1) is 17.8 Å². The monoisotopic (exact) mass is 568 g/mol. The molecule has 0 aromatic heterocycles. The third kappa shape index (κ3) is 9.09. The molecule has 0 fully saturated rings. The lowest BCUT2D eigenvalue weighted by atomic mass is 9.77. The minimum absolute atomic E-state index is 0.165. The van der Waals surface area contributed by atoms with Gasteiger partial charge in [-0.15, -0.1) is 0 Å². The van der Waals surface area contributed by atoms with Gasteiger partial charge in [0.25, 0.3) is 0 Å². The molecule has 40 heavy (non-hydrogen) atoms. The lowest BCUT2D eigenvalue weighted by Gasteiger charge is -2.29. The van der Waals surface area contributed by atoms with Crippen LogP contribution in [-0.2, 0) is 14.3 Å². The van der Waals surface area contributed by atoms with Crippen molar-refractivity contribution in [2.24, 2.45) is 21.6 Å². The molecule has 1 unspecified atom stereocenters. The van der Waals surface area contributed by atoms with Gasteiger partial charge in [-0.25, -0.2) is 4.99 Å². The summed E-state index contributed by atoms with van der Waals surface area (Å²) in [6.45, 7) is 22.9. The normalized spacial score (nSPS) is 15.2. The highest BCUT2D eigenvalue weighted by molar-refractivity contribution is 6.31. The van der Waals surface area contributed by atoms with Gasteiger partial charge in [0.2, 0.25) is 0 Å². The lowest BCUT2D eigenvalue weighted by molar-refractivity contribution is -0.147. The average Bonchev–Trinajstić information content (AvgIpc) is 2.88. The van der Waals surface area contributed by atoms with Crippen molar-refractivity contribution in [3.05, 3.63) is 88.1 Å². The van der Waals surface area contributed by atoms with E-state index in [1.165, 1.54) is 6.26 Å². The molecular weight excluding hydrogens is 524 g/mol. The summed E-state index contributed by atoms with van der Waals surface area (Å²) in [5.74, 6) is -0.511. The van der Waals surface area contributed by atoms with Crippen LogP contribution in [0.5, 0.6) is 0 Å². The number of aldehydes is 1. The topological polar surface area (TPSA) is 102 Å². The molecule has 0 heterocycles. The van der Waals surface area contributed by atoms with E-state index in [0.29, 0.717) is 34.7 Å². The smallest absolute Gasteiger partial charge is 0.309 e. The van der Waals surface area contributed by atoms with Crippen molar-refractivity contribution in [2.45, 2.75) is 81.1 Å². The first-order chi connectivity index (χ1) is 18.5. The molecular formula is C33H45ClN2O4. The molecule has 0 bridgehead atoms.